The molecule has 0 bridgehead atoms. The average molecular weight is 192 g/mol. The molecule has 74 valence electrons. The molecular weight excluding hydrogens is 180 g/mol. The lowest BCUT2D eigenvalue weighted by atomic mass is 10.2. The molecule has 0 saturated carbocycles. The molecule has 0 heterocycles. The van der Waals surface area contributed by atoms with Crippen molar-refractivity contribution in [2.45, 2.75) is 6.42 Å². The fourth-order valence-electron chi connectivity index (χ4n) is 0.976. The number of phenols is 1. The second kappa shape index (κ2) is 5.15. The van der Waals surface area contributed by atoms with Gasteiger partial charge in [0.15, 0.2) is 11.5 Å². The number of ether oxygens (including phenoxy) is 1. The van der Waals surface area contributed by atoms with Crippen molar-refractivity contribution < 1.29 is 14.9 Å². The number of hydrogen-bond donors (Lipinski definition) is 2. The number of aromatic hydroxyl groups is 1. The van der Waals surface area contributed by atoms with Crippen LogP contribution in [-0.4, -0.2) is 23.9 Å². The summed E-state index contributed by atoms with van der Waals surface area (Å²) >= 11 is 0. The van der Waals surface area contributed by atoms with Crippen molar-refractivity contribution in [1.82, 2.24) is 0 Å². The van der Waals surface area contributed by atoms with Crippen LogP contribution in [0.25, 0.3) is 0 Å². The van der Waals surface area contributed by atoms with Gasteiger partial charge in [0, 0.05) is 12.0 Å². The summed E-state index contributed by atoms with van der Waals surface area (Å²) in [6.07, 6.45) is 0.448. The van der Waals surface area contributed by atoms with Crippen LogP contribution in [0, 0.1) is 11.8 Å². The summed E-state index contributed by atoms with van der Waals surface area (Å²) < 4.78 is 4.92. The van der Waals surface area contributed by atoms with Gasteiger partial charge < -0.3 is 14.9 Å². The van der Waals surface area contributed by atoms with Gasteiger partial charge in [0.05, 0.1) is 13.7 Å². The summed E-state index contributed by atoms with van der Waals surface area (Å²) in [7, 11) is 1.49. The SMILES string of the molecule is COc1cc(C#CCCO)ccc1O. The summed E-state index contributed by atoms with van der Waals surface area (Å²) in [5.41, 5.74) is 0.758. The van der Waals surface area contributed by atoms with Crippen molar-refractivity contribution in [3.8, 4) is 23.3 Å². The second-order valence-electron chi connectivity index (χ2n) is 2.66. The molecule has 0 unspecified atom stereocenters. The highest BCUT2D eigenvalue weighted by atomic mass is 16.5. The van der Waals surface area contributed by atoms with Crippen LogP contribution in [0.1, 0.15) is 12.0 Å². The summed E-state index contributed by atoms with van der Waals surface area (Å²) in [4.78, 5) is 0. The first-order chi connectivity index (χ1) is 6.77. The Kier molecular flexibility index (Phi) is 3.84. The Morgan fingerprint density at radius 2 is 2.21 bits per heavy atom. The lowest BCUT2D eigenvalue weighted by molar-refractivity contribution is 0.305. The second-order valence-corrected chi connectivity index (χ2v) is 2.66. The van der Waals surface area contributed by atoms with Gasteiger partial charge in [-0.25, -0.2) is 0 Å². The van der Waals surface area contributed by atoms with E-state index in [4.69, 9.17) is 9.84 Å². The molecule has 0 aliphatic carbocycles. The van der Waals surface area contributed by atoms with Crippen molar-refractivity contribution in [3.05, 3.63) is 23.8 Å². The van der Waals surface area contributed by atoms with E-state index < -0.39 is 0 Å². The van der Waals surface area contributed by atoms with Crippen LogP contribution in [0.15, 0.2) is 18.2 Å². The van der Waals surface area contributed by atoms with Crippen LogP contribution in [0.3, 0.4) is 0 Å². The Morgan fingerprint density at radius 3 is 2.86 bits per heavy atom. The third kappa shape index (κ3) is 2.68. The Balaban J connectivity index is 2.86. The summed E-state index contributed by atoms with van der Waals surface area (Å²) in [5, 5.41) is 17.8. The van der Waals surface area contributed by atoms with Gasteiger partial charge in [-0.3, -0.25) is 0 Å². The maximum Gasteiger partial charge on any atom is 0.161 e. The fourth-order valence-corrected chi connectivity index (χ4v) is 0.976. The van der Waals surface area contributed by atoms with Crippen molar-refractivity contribution in [1.29, 1.82) is 0 Å². The molecule has 0 saturated heterocycles. The lowest BCUT2D eigenvalue weighted by Crippen LogP contribution is -1.85. The van der Waals surface area contributed by atoms with Crippen LogP contribution < -0.4 is 4.74 Å². The van der Waals surface area contributed by atoms with Crippen molar-refractivity contribution in [2.24, 2.45) is 0 Å². The summed E-state index contributed by atoms with van der Waals surface area (Å²) in [5.74, 6) is 6.13. The van der Waals surface area contributed by atoms with Crippen LogP contribution in [0.4, 0.5) is 0 Å². The number of phenolic OH excluding ortho intramolecular Hbond substituents is 1. The molecule has 14 heavy (non-hydrogen) atoms. The van der Waals surface area contributed by atoms with Gasteiger partial charge in [-0.2, -0.15) is 0 Å². The normalized spacial score (nSPS) is 9.00. The zero-order chi connectivity index (χ0) is 10.4. The molecule has 0 aliphatic rings. The number of methoxy groups -OCH3 is 1. The smallest absolute Gasteiger partial charge is 0.161 e. The van der Waals surface area contributed by atoms with E-state index in [9.17, 15) is 5.11 Å². The standard InChI is InChI=1S/C11H12O3/c1-14-11-8-9(4-2-3-7-12)5-6-10(11)13/h5-6,8,12-13H,3,7H2,1H3. The van der Waals surface area contributed by atoms with Gasteiger partial charge in [-0.1, -0.05) is 11.8 Å². The first kappa shape index (κ1) is 10.4. The van der Waals surface area contributed by atoms with Gasteiger partial charge in [-0.05, 0) is 18.2 Å². The van der Waals surface area contributed by atoms with E-state index in [2.05, 4.69) is 11.8 Å². The highest BCUT2D eigenvalue weighted by Crippen LogP contribution is 2.25. The number of rotatable bonds is 2. The number of hydrogen-bond acceptors (Lipinski definition) is 3. The van der Waals surface area contributed by atoms with E-state index in [0.29, 0.717) is 12.2 Å². The number of benzene rings is 1. The minimum Gasteiger partial charge on any atom is -0.504 e. The van der Waals surface area contributed by atoms with E-state index in [-0.39, 0.29) is 12.4 Å². The monoisotopic (exact) mass is 192 g/mol. The van der Waals surface area contributed by atoms with E-state index >= 15 is 0 Å². The van der Waals surface area contributed by atoms with Crippen LogP contribution in [0.5, 0.6) is 11.5 Å². The van der Waals surface area contributed by atoms with Crippen LogP contribution >= 0.6 is 0 Å². The molecule has 0 amide bonds. The Morgan fingerprint density at radius 1 is 1.43 bits per heavy atom. The van der Waals surface area contributed by atoms with Crippen LogP contribution in [-0.2, 0) is 0 Å². The van der Waals surface area contributed by atoms with Gasteiger partial charge in [-0.15, -0.1) is 0 Å². The molecule has 0 fully saturated rings. The molecule has 0 atom stereocenters. The summed E-state index contributed by atoms with van der Waals surface area (Å²) in [6, 6.07) is 4.88. The predicted molar refractivity (Wildman–Crippen MR) is 53.2 cm³/mol. The molecule has 0 aromatic heterocycles. The van der Waals surface area contributed by atoms with E-state index in [0.717, 1.165) is 5.56 Å². The Hall–Kier alpha value is -1.66. The third-order valence-corrected chi connectivity index (χ3v) is 1.65. The maximum absolute atomic E-state index is 9.29. The molecule has 3 heteroatoms. The third-order valence-electron chi connectivity index (χ3n) is 1.65. The quantitative estimate of drug-likeness (QED) is 0.691. The average Bonchev–Trinajstić information content (AvgIpc) is 2.21. The molecule has 3 nitrogen and oxygen atoms in total. The topological polar surface area (TPSA) is 49.7 Å². The Labute approximate surface area is 83.0 Å². The van der Waals surface area contributed by atoms with Gasteiger partial charge in [0.25, 0.3) is 0 Å². The van der Waals surface area contributed by atoms with E-state index in [1.165, 1.54) is 13.2 Å². The van der Waals surface area contributed by atoms with Crippen molar-refractivity contribution >= 4 is 0 Å². The number of aliphatic hydroxyl groups is 1. The molecule has 1 aromatic carbocycles. The van der Waals surface area contributed by atoms with Crippen molar-refractivity contribution in [2.75, 3.05) is 13.7 Å². The highest BCUT2D eigenvalue weighted by Gasteiger charge is 1.99. The zero-order valence-electron chi connectivity index (χ0n) is 7.95. The largest absolute Gasteiger partial charge is 0.504 e. The molecule has 0 radical (unpaired) electrons. The molecule has 1 aromatic rings. The minimum absolute atomic E-state index is 0.0578. The molecule has 0 spiro atoms. The lowest BCUT2D eigenvalue weighted by Gasteiger charge is -2.02. The minimum atomic E-state index is 0.0578. The Bertz CT molecular complexity index is 361. The molecular formula is C11H12O3. The fraction of sp³-hybridized carbons (Fsp3) is 0.273. The summed E-state index contributed by atoms with van der Waals surface area (Å²) in [6.45, 7) is 0.0578. The van der Waals surface area contributed by atoms with Crippen LogP contribution in [0.2, 0.25) is 0 Å². The molecule has 0 aliphatic heterocycles. The highest BCUT2D eigenvalue weighted by molar-refractivity contribution is 5.47. The number of aliphatic hydroxyl groups excluding tert-OH is 1. The molecule has 1 rings (SSSR count). The zero-order valence-corrected chi connectivity index (χ0v) is 7.95. The first-order valence-electron chi connectivity index (χ1n) is 4.24. The molecule has 2 N–H and O–H groups in total. The van der Waals surface area contributed by atoms with Gasteiger partial charge in [0.1, 0.15) is 0 Å². The van der Waals surface area contributed by atoms with Gasteiger partial charge in [0.2, 0.25) is 0 Å². The van der Waals surface area contributed by atoms with Crippen molar-refractivity contribution in [3.63, 3.8) is 0 Å². The predicted octanol–water partition coefficient (Wildman–Crippen LogP) is 1.13. The van der Waals surface area contributed by atoms with Gasteiger partial charge >= 0.3 is 0 Å². The maximum atomic E-state index is 9.29. The van der Waals surface area contributed by atoms with E-state index in [1.807, 2.05) is 0 Å². The van der Waals surface area contributed by atoms with E-state index in [1.54, 1.807) is 12.1 Å². The first-order valence-corrected chi connectivity index (χ1v) is 4.24.